The second-order valence-corrected chi connectivity index (χ2v) is 7.75. The van der Waals surface area contributed by atoms with Gasteiger partial charge in [-0.15, -0.1) is 0 Å². The summed E-state index contributed by atoms with van der Waals surface area (Å²) in [5, 5.41) is 8.87. The number of methoxy groups -OCH3 is 1. The average Bonchev–Trinajstić information content (AvgIpc) is 2.87. The molecule has 0 saturated heterocycles. The maximum Gasteiger partial charge on any atom is 0.335 e. The summed E-state index contributed by atoms with van der Waals surface area (Å²) in [7, 11) is 1.56. The van der Waals surface area contributed by atoms with Crippen LogP contribution >= 0.6 is 0 Å². The Morgan fingerprint density at radius 2 is 1.83 bits per heavy atom. The molecule has 0 aliphatic rings. The number of aromatic nitrogens is 2. The van der Waals surface area contributed by atoms with Crippen LogP contribution in [-0.4, -0.2) is 33.9 Å². The molecule has 0 aliphatic heterocycles. The Morgan fingerprint density at radius 3 is 2.54 bits per heavy atom. The number of aromatic amines is 1. The first-order chi connectivity index (χ1) is 16.9. The first-order valence-electron chi connectivity index (χ1n) is 10.7. The molecule has 178 valence electrons. The highest BCUT2D eigenvalue weighted by atomic mass is 19.1. The maximum atomic E-state index is 14.5. The van der Waals surface area contributed by atoms with Gasteiger partial charge < -0.3 is 19.6 Å². The molecule has 0 bridgehead atoms. The van der Waals surface area contributed by atoms with E-state index in [1.807, 2.05) is 18.2 Å². The number of hydrogen-bond donors (Lipinski definition) is 2. The van der Waals surface area contributed by atoms with Gasteiger partial charge in [-0.1, -0.05) is 24.3 Å². The largest absolute Gasteiger partial charge is 0.497 e. The number of carbonyl (C=O) groups is 2. The van der Waals surface area contributed by atoms with Gasteiger partial charge >= 0.3 is 5.97 Å². The minimum Gasteiger partial charge on any atom is -0.497 e. The zero-order valence-electron chi connectivity index (χ0n) is 18.7. The average molecular weight is 476 g/mol. The van der Waals surface area contributed by atoms with Crippen LogP contribution in [0.15, 0.2) is 65.5 Å². The van der Waals surface area contributed by atoms with Crippen molar-refractivity contribution in [1.29, 1.82) is 0 Å². The molecule has 1 aromatic heterocycles. The van der Waals surface area contributed by atoms with E-state index in [4.69, 9.17) is 14.6 Å². The van der Waals surface area contributed by atoms with Crippen molar-refractivity contribution in [2.75, 3.05) is 7.11 Å². The normalized spacial score (nSPS) is 10.8. The number of aryl methyl sites for hydroxylation is 1. The number of benzene rings is 3. The molecule has 3 aromatic carbocycles. The molecular formula is C26H21FN2O6. The van der Waals surface area contributed by atoms with Crippen molar-refractivity contribution in [3.63, 3.8) is 0 Å². The van der Waals surface area contributed by atoms with E-state index in [0.29, 0.717) is 17.7 Å². The Kier molecular flexibility index (Phi) is 6.86. The Morgan fingerprint density at radius 1 is 1.06 bits per heavy atom. The highest BCUT2D eigenvalue weighted by Crippen LogP contribution is 2.26. The molecule has 2 N–H and O–H groups in total. The minimum atomic E-state index is -1.07. The molecule has 0 spiro atoms. The van der Waals surface area contributed by atoms with E-state index in [2.05, 4.69) is 9.97 Å². The van der Waals surface area contributed by atoms with Gasteiger partial charge in [-0.3, -0.25) is 9.59 Å². The monoisotopic (exact) mass is 476 g/mol. The lowest BCUT2D eigenvalue weighted by molar-refractivity contribution is 0.0696. The third kappa shape index (κ3) is 5.35. The lowest BCUT2D eigenvalue weighted by Crippen LogP contribution is -2.17. The Hall–Kier alpha value is -4.53. The van der Waals surface area contributed by atoms with Gasteiger partial charge in [0.2, 0.25) is 0 Å². The summed E-state index contributed by atoms with van der Waals surface area (Å²) >= 11 is 0. The molecule has 0 radical (unpaired) electrons. The molecule has 1 heterocycles. The van der Waals surface area contributed by atoms with Crippen molar-refractivity contribution in [1.82, 2.24) is 9.97 Å². The van der Waals surface area contributed by atoms with Gasteiger partial charge in [-0.2, -0.15) is 0 Å². The van der Waals surface area contributed by atoms with Crippen LogP contribution in [0.5, 0.6) is 11.5 Å². The van der Waals surface area contributed by atoms with Crippen LogP contribution in [0.2, 0.25) is 0 Å². The van der Waals surface area contributed by atoms with E-state index < -0.39 is 17.3 Å². The summed E-state index contributed by atoms with van der Waals surface area (Å²) in [4.78, 5) is 43.1. The molecule has 0 unspecified atom stereocenters. The number of rotatable bonds is 9. The second-order valence-electron chi connectivity index (χ2n) is 7.75. The molecule has 35 heavy (non-hydrogen) atoms. The first kappa shape index (κ1) is 23.6. The second kappa shape index (κ2) is 10.2. The van der Waals surface area contributed by atoms with Crippen LogP contribution in [-0.2, 0) is 13.0 Å². The quantitative estimate of drug-likeness (QED) is 0.348. The predicted molar refractivity (Wildman–Crippen MR) is 126 cm³/mol. The third-order valence-corrected chi connectivity index (χ3v) is 5.40. The Labute approximate surface area is 199 Å². The van der Waals surface area contributed by atoms with E-state index >= 15 is 0 Å². The molecule has 4 aromatic rings. The van der Waals surface area contributed by atoms with Gasteiger partial charge in [0.05, 0.1) is 18.2 Å². The van der Waals surface area contributed by atoms with Crippen molar-refractivity contribution in [2.45, 2.75) is 19.4 Å². The molecular weight excluding hydrogens is 455 g/mol. The highest BCUT2D eigenvalue weighted by molar-refractivity contribution is 5.95. The third-order valence-electron chi connectivity index (χ3n) is 5.40. The van der Waals surface area contributed by atoms with Gasteiger partial charge in [0.25, 0.3) is 5.56 Å². The lowest BCUT2D eigenvalue weighted by Gasteiger charge is -2.11. The molecule has 8 nitrogen and oxygen atoms in total. The number of hydrogen-bond acceptors (Lipinski definition) is 6. The first-order valence-corrected chi connectivity index (χ1v) is 10.7. The number of fused-ring (bicyclic) bond motifs is 1. The predicted octanol–water partition coefficient (Wildman–Crippen LogP) is 4.16. The van der Waals surface area contributed by atoms with Crippen molar-refractivity contribution in [2.24, 2.45) is 0 Å². The van der Waals surface area contributed by atoms with Gasteiger partial charge in [-0.25, -0.2) is 14.2 Å². The van der Waals surface area contributed by atoms with Crippen LogP contribution in [0.25, 0.3) is 10.9 Å². The van der Waals surface area contributed by atoms with Gasteiger partial charge in [0.1, 0.15) is 17.7 Å². The standard InChI is InChI=1S/C26H21FN2O6/c1-34-18-4-2-3-15(13-18)7-12-21(30)24-28-20-11-10-19(27)23(22(20)25(31)29-24)35-14-16-5-8-17(9-6-16)26(32)33/h2-6,8-11,13H,7,12,14H2,1H3,(H,32,33)(H,28,29,31). The van der Waals surface area contributed by atoms with Crippen molar-refractivity contribution in [3.8, 4) is 11.5 Å². The summed E-state index contributed by atoms with van der Waals surface area (Å²) in [5.41, 5.74) is 1.01. The molecule has 4 rings (SSSR count). The fraction of sp³-hybridized carbons (Fsp3) is 0.154. The highest BCUT2D eigenvalue weighted by Gasteiger charge is 2.18. The minimum absolute atomic E-state index is 0.101. The number of H-pyrrole nitrogens is 1. The van der Waals surface area contributed by atoms with E-state index in [-0.39, 0.29) is 46.9 Å². The number of nitrogens with one attached hydrogen (secondary N) is 1. The van der Waals surface area contributed by atoms with E-state index in [1.54, 1.807) is 13.2 Å². The van der Waals surface area contributed by atoms with Crippen LogP contribution in [0.3, 0.4) is 0 Å². The van der Waals surface area contributed by atoms with Gasteiger partial charge in [-0.05, 0) is 53.9 Å². The number of carboxylic acids is 1. The topological polar surface area (TPSA) is 119 Å². The number of carbonyl (C=O) groups excluding carboxylic acids is 1. The molecule has 0 amide bonds. The van der Waals surface area contributed by atoms with Gasteiger partial charge in [0, 0.05) is 6.42 Å². The summed E-state index contributed by atoms with van der Waals surface area (Å²) in [6.45, 7) is -0.101. The number of halogens is 1. The van der Waals surface area contributed by atoms with Crippen molar-refractivity contribution >= 4 is 22.7 Å². The number of ether oxygens (including phenoxy) is 2. The van der Waals surface area contributed by atoms with E-state index in [9.17, 15) is 18.8 Å². The summed E-state index contributed by atoms with van der Waals surface area (Å²) in [6, 6.07) is 15.6. The zero-order chi connectivity index (χ0) is 24.9. The number of nitrogens with zero attached hydrogens (tertiary/aromatic N) is 1. The Balaban J connectivity index is 1.54. The van der Waals surface area contributed by atoms with Crippen molar-refractivity contribution < 1.29 is 28.6 Å². The smallest absolute Gasteiger partial charge is 0.335 e. The fourth-order valence-electron chi connectivity index (χ4n) is 3.55. The molecule has 9 heteroatoms. The number of Topliss-reactive ketones (excluding diaryl/α,β-unsaturated/α-hetero) is 1. The Bertz CT molecular complexity index is 1460. The van der Waals surface area contributed by atoms with Crippen molar-refractivity contribution in [3.05, 3.63) is 99.3 Å². The SMILES string of the molecule is COc1cccc(CCC(=O)c2nc3ccc(F)c(OCc4ccc(C(=O)O)cc4)c3c(=O)[nH]2)c1. The number of ketones is 1. The summed E-state index contributed by atoms with van der Waals surface area (Å²) in [6.07, 6.45) is 0.536. The molecule has 0 atom stereocenters. The molecule has 0 fully saturated rings. The summed E-state index contributed by atoms with van der Waals surface area (Å²) in [5.74, 6) is -1.93. The lowest BCUT2D eigenvalue weighted by atomic mass is 10.1. The fourth-order valence-corrected chi connectivity index (χ4v) is 3.55. The zero-order valence-corrected chi connectivity index (χ0v) is 18.7. The summed E-state index contributed by atoms with van der Waals surface area (Å²) < 4.78 is 25.3. The molecule has 0 saturated carbocycles. The van der Waals surface area contributed by atoms with Crippen LogP contribution in [0, 0.1) is 5.82 Å². The van der Waals surface area contributed by atoms with Crippen LogP contribution in [0.4, 0.5) is 4.39 Å². The maximum absolute atomic E-state index is 14.5. The number of aromatic carboxylic acids is 1. The number of carboxylic acid groups (broad SMARTS) is 1. The van der Waals surface area contributed by atoms with Crippen LogP contribution < -0.4 is 15.0 Å². The van der Waals surface area contributed by atoms with Crippen LogP contribution in [0.1, 0.15) is 38.5 Å². The van der Waals surface area contributed by atoms with E-state index in [0.717, 1.165) is 11.6 Å². The molecule has 0 aliphatic carbocycles. The van der Waals surface area contributed by atoms with E-state index in [1.165, 1.54) is 30.3 Å². The van der Waals surface area contributed by atoms with Gasteiger partial charge in [0.15, 0.2) is 23.2 Å².